The Balaban J connectivity index is 2.44. The molecule has 0 aliphatic carbocycles. The zero-order chi connectivity index (χ0) is 9.03. The van der Waals surface area contributed by atoms with Crippen molar-refractivity contribution in [1.82, 2.24) is 0 Å². The van der Waals surface area contributed by atoms with Crippen LogP contribution in [0.4, 0.5) is 0 Å². The van der Waals surface area contributed by atoms with Crippen molar-refractivity contribution < 1.29 is 16.5 Å². The first-order valence-corrected chi connectivity index (χ1v) is 21.2. The van der Waals surface area contributed by atoms with Gasteiger partial charge in [-0.2, -0.15) is 0 Å². The van der Waals surface area contributed by atoms with Gasteiger partial charge in [0.2, 0.25) is 0 Å². The van der Waals surface area contributed by atoms with Crippen molar-refractivity contribution in [2.24, 2.45) is 0 Å². The van der Waals surface area contributed by atoms with Crippen molar-refractivity contribution in [2.45, 2.75) is 6.61 Å². The van der Waals surface area contributed by atoms with Crippen molar-refractivity contribution in [2.75, 3.05) is 0 Å². The first-order valence-electron chi connectivity index (χ1n) is 3.32. The van der Waals surface area contributed by atoms with Gasteiger partial charge in [-0.25, -0.2) is 0 Å². The summed E-state index contributed by atoms with van der Waals surface area (Å²) >= 11 is 7.81. The normalized spacial score (nSPS) is 11.6. The Labute approximate surface area is 94.3 Å². The molecular weight excluding hydrogens is 431 g/mol. The molecule has 0 spiro atoms. The Morgan fingerprint density at radius 2 is 1.67 bits per heavy atom. The first-order chi connectivity index (χ1) is 5.58. The predicted molar refractivity (Wildman–Crippen MR) is 58.0 cm³/mol. The predicted octanol–water partition coefficient (Wildman–Crippen LogP) is 4.20. The van der Waals surface area contributed by atoms with Crippen LogP contribution in [0.1, 0.15) is 5.56 Å². The molecule has 0 aromatic heterocycles. The van der Waals surface area contributed by atoms with Crippen LogP contribution in [0.5, 0.6) is 0 Å². The second-order valence-corrected chi connectivity index (χ2v) is 43.8. The van der Waals surface area contributed by atoms with Gasteiger partial charge in [0.15, 0.2) is 0 Å². The number of hydrogen-bond donors (Lipinski definition) is 0. The molecule has 0 atom stereocenters. The van der Waals surface area contributed by atoms with Crippen LogP contribution in [0.2, 0.25) is 0 Å². The van der Waals surface area contributed by atoms with E-state index in [0.717, 1.165) is 0 Å². The van der Waals surface area contributed by atoms with Gasteiger partial charge in [-0.1, -0.05) is 0 Å². The van der Waals surface area contributed by atoms with E-state index in [0.29, 0.717) is 6.61 Å². The van der Waals surface area contributed by atoms with Crippen LogP contribution in [-0.2, 0) is 23.1 Å². The Kier molecular flexibility index (Phi) is 5.21. The Morgan fingerprint density at radius 1 is 1.08 bits per heavy atom. The van der Waals surface area contributed by atoms with Crippen LogP contribution in [0, 0.1) is 0 Å². The van der Waals surface area contributed by atoms with Crippen LogP contribution in [0.15, 0.2) is 30.3 Å². The van der Waals surface area contributed by atoms with Crippen molar-refractivity contribution in [1.29, 1.82) is 0 Å². The Hall–Kier alpha value is 1.50. The molecule has 12 heavy (non-hydrogen) atoms. The average molecular weight is 438 g/mol. The summed E-state index contributed by atoms with van der Waals surface area (Å²) in [4.78, 5) is 0. The third kappa shape index (κ3) is 5.28. The van der Waals surface area contributed by atoms with Crippen LogP contribution in [0.25, 0.3) is 0 Å². The van der Waals surface area contributed by atoms with Gasteiger partial charge in [-0.15, -0.1) is 0 Å². The molecule has 0 aliphatic heterocycles. The van der Waals surface area contributed by atoms with Gasteiger partial charge in [-0.3, -0.25) is 0 Å². The molecule has 0 amide bonds. The molecule has 0 saturated heterocycles. The summed E-state index contributed by atoms with van der Waals surface area (Å²) in [5.74, 6) is 0. The maximum absolute atomic E-state index is 5.58. The maximum atomic E-state index is 5.58. The molecular formula is C7H7Br3OZr. The molecule has 1 aromatic carbocycles. The summed E-state index contributed by atoms with van der Waals surface area (Å²) in [6.45, 7) is 0.651. The molecule has 0 unspecified atom stereocenters. The summed E-state index contributed by atoms with van der Waals surface area (Å²) in [6, 6.07) is 10.1. The minimum atomic E-state index is -2.57. The van der Waals surface area contributed by atoms with E-state index in [2.05, 4.69) is 36.7 Å². The summed E-state index contributed by atoms with van der Waals surface area (Å²) in [6.07, 6.45) is 0. The quantitative estimate of drug-likeness (QED) is 0.688. The molecule has 1 nitrogen and oxygen atoms in total. The van der Waals surface area contributed by atoms with Gasteiger partial charge in [0, 0.05) is 0 Å². The molecule has 0 radical (unpaired) electrons. The number of hydrogen-bond acceptors (Lipinski definition) is 1. The van der Waals surface area contributed by atoms with E-state index in [1.54, 1.807) is 0 Å². The van der Waals surface area contributed by atoms with Crippen LogP contribution in [0.3, 0.4) is 0 Å². The van der Waals surface area contributed by atoms with E-state index in [-0.39, 0.29) is 0 Å². The van der Waals surface area contributed by atoms with Gasteiger partial charge in [-0.05, 0) is 0 Å². The van der Waals surface area contributed by atoms with E-state index >= 15 is 0 Å². The fourth-order valence-corrected chi connectivity index (χ4v) is 3.58. The summed E-state index contributed by atoms with van der Waals surface area (Å²) in [7, 11) is 0. The molecule has 66 valence electrons. The van der Waals surface area contributed by atoms with Crippen molar-refractivity contribution in [3.63, 3.8) is 0 Å². The number of rotatable bonds is 3. The standard InChI is InChI=1S/C7H7O.3BrH.Zr/c8-6-7-4-2-1-3-5-7;;;;/h1-5H,6H2;3*1H;/q-1;;;;+4/p-3. The van der Waals surface area contributed by atoms with E-state index in [1.165, 1.54) is 5.56 Å². The fourth-order valence-electron chi connectivity index (χ4n) is 0.739. The topological polar surface area (TPSA) is 9.23 Å². The first kappa shape index (κ1) is 11.6. The molecule has 0 fully saturated rings. The molecule has 1 rings (SSSR count). The van der Waals surface area contributed by atoms with Crippen LogP contribution in [-0.4, -0.2) is 0 Å². The zero-order valence-electron chi connectivity index (χ0n) is 6.14. The van der Waals surface area contributed by atoms with Gasteiger partial charge >= 0.3 is 95.6 Å². The number of halogens is 3. The van der Waals surface area contributed by atoms with Gasteiger partial charge < -0.3 is 0 Å². The van der Waals surface area contributed by atoms with Crippen molar-refractivity contribution >= 4 is 36.7 Å². The molecule has 0 bridgehead atoms. The van der Waals surface area contributed by atoms with Crippen LogP contribution < -0.4 is 0 Å². The SMILES string of the molecule is [Br][Zr]([Br])([Br])[O]Cc1ccccc1. The Morgan fingerprint density at radius 3 is 2.17 bits per heavy atom. The molecule has 1 aromatic rings. The van der Waals surface area contributed by atoms with Gasteiger partial charge in [0.25, 0.3) is 0 Å². The summed E-state index contributed by atoms with van der Waals surface area (Å²) < 4.78 is 5.58. The summed E-state index contributed by atoms with van der Waals surface area (Å²) in [5, 5.41) is 0. The Bertz CT molecular complexity index is 234. The second-order valence-electron chi connectivity index (χ2n) is 2.22. The monoisotopic (exact) mass is 434 g/mol. The molecule has 5 heteroatoms. The average Bonchev–Trinajstić information content (AvgIpc) is 2.02. The third-order valence-electron chi connectivity index (χ3n) is 1.25. The van der Waals surface area contributed by atoms with E-state index in [4.69, 9.17) is 2.81 Å². The van der Waals surface area contributed by atoms with E-state index in [1.807, 2.05) is 30.3 Å². The van der Waals surface area contributed by atoms with Crippen molar-refractivity contribution in [3.05, 3.63) is 35.9 Å². The van der Waals surface area contributed by atoms with Gasteiger partial charge in [0.05, 0.1) is 0 Å². The fraction of sp³-hybridized carbons (Fsp3) is 0.143. The minimum absolute atomic E-state index is 0.651. The molecule has 0 N–H and O–H groups in total. The second kappa shape index (κ2) is 5.40. The summed E-state index contributed by atoms with van der Waals surface area (Å²) in [5.41, 5.74) is 1.19. The molecule has 0 heterocycles. The molecule has 0 saturated carbocycles. The number of benzene rings is 1. The van der Waals surface area contributed by atoms with Crippen LogP contribution >= 0.6 is 36.7 Å². The van der Waals surface area contributed by atoms with Crippen molar-refractivity contribution in [3.8, 4) is 0 Å². The molecule has 0 aliphatic rings. The van der Waals surface area contributed by atoms with E-state index in [9.17, 15) is 0 Å². The third-order valence-corrected chi connectivity index (χ3v) is 6.47. The van der Waals surface area contributed by atoms with E-state index < -0.39 is 13.7 Å². The zero-order valence-corrected chi connectivity index (χ0v) is 13.4. The van der Waals surface area contributed by atoms with Gasteiger partial charge in [0.1, 0.15) is 0 Å².